The predicted octanol–water partition coefficient (Wildman–Crippen LogP) is 4.06. The van der Waals surface area contributed by atoms with E-state index in [1.54, 1.807) is 19.2 Å². The molecule has 238 valence electrons. The van der Waals surface area contributed by atoms with E-state index in [0.717, 1.165) is 11.1 Å². The Morgan fingerprint density at radius 2 is 1.66 bits per heavy atom. The fourth-order valence-corrected chi connectivity index (χ4v) is 5.49. The number of cyclic esters (lactones) is 2. The molecule has 2 heterocycles. The van der Waals surface area contributed by atoms with Crippen molar-refractivity contribution in [2.45, 2.75) is 89.8 Å². The fourth-order valence-electron chi connectivity index (χ4n) is 5.49. The summed E-state index contributed by atoms with van der Waals surface area (Å²) < 4.78 is 22.8. The largest absolute Gasteiger partial charge is 0.497 e. The van der Waals surface area contributed by atoms with E-state index < -0.39 is 36.1 Å². The number of hydrogen-bond donors (Lipinski definition) is 2. The Kier molecular flexibility index (Phi) is 11.8. The maximum absolute atomic E-state index is 13.4. The number of benzene rings is 2. The van der Waals surface area contributed by atoms with Crippen LogP contribution in [0.1, 0.15) is 70.1 Å². The molecule has 2 aromatic rings. The van der Waals surface area contributed by atoms with Crippen molar-refractivity contribution in [1.29, 1.82) is 0 Å². The molecule has 6 atom stereocenters. The molecule has 0 radical (unpaired) electrons. The Balaban J connectivity index is 1.50. The lowest BCUT2D eigenvalue weighted by atomic mass is 9.92. The van der Waals surface area contributed by atoms with E-state index in [2.05, 4.69) is 10.6 Å². The van der Waals surface area contributed by atoms with Crippen molar-refractivity contribution in [2.75, 3.05) is 13.7 Å². The standard InChI is InChI=1S/C34H44N2O8/c1-21(2)19-28-34(40)43-27(22(3)31-32(44-31)24-9-6-5-7-10-24)11-8-12-29(37)36-26(33(39)35-18-17-30(38)42-28)20-23-13-15-25(41-4)16-14-23/h5-7,9-10,13-16,21-22,26-28,31-32H,8,11-12,17-20H2,1-4H3,(H,35,39)(H,36,37)/t22-,26+,27-,28-,31+,32+/m0/s1. The third-order valence-electron chi connectivity index (χ3n) is 8.02. The minimum Gasteiger partial charge on any atom is -0.497 e. The molecule has 0 bridgehead atoms. The van der Waals surface area contributed by atoms with Crippen LogP contribution in [0.15, 0.2) is 54.6 Å². The molecule has 0 aromatic heterocycles. The Labute approximate surface area is 259 Å². The van der Waals surface area contributed by atoms with Crippen molar-refractivity contribution in [3.63, 3.8) is 0 Å². The van der Waals surface area contributed by atoms with Gasteiger partial charge in [-0.1, -0.05) is 63.2 Å². The number of amides is 2. The third-order valence-corrected chi connectivity index (χ3v) is 8.02. The zero-order chi connectivity index (χ0) is 31.6. The van der Waals surface area contributed by atoms with Gasteiger partial charge in [-0.05, 0) is 48.4 Å². The van der Waals surface area contributed by atoms with Gasteiger partial charge in [-0.15, -0.1) is 0 Å². The summed E-state index contributed by atoms with van der Waals surface area (Å²) in [6, 6.07) is 16.3. The first-order chi connectivity index (χ1) is 21.1. The molecule has 2 fully saturated rings. The molecule has 4 rings (SSSR count). The van der Waals surface area contributed by atoms with Crippen molar-refractivity contribution in [3.8, 4) is 5.75 Å². The summed E-state index contributed by atoms with van der Waals surface area (Å²) in [6.07, 6.45) is -0.492. The van der Waals surface area contributed by atoms with Crippen molar-refractivity contribution >= 4 is 23.8 Å². The van der Waals surface area contributed by atoms with Crippen molar-refractivity contribution in [1.82, 2.24) is 10.6 Å². The van der Waals surface area contributed by atoms with Gasteiger partial charge >= 0.3 is 11.9 Å². The lowest BCUT2D eigenvalue weighted by Gasteiger charge is -2.27. The molecule has 44 heavy (non-hydrogen) atoms. The average Bonchev–Trinajstić information content (AvgIpc) is 3.81. The summed E-state index contributed by atoms with van der Waals surface area (Å²) >= 11 is 0. The lowest BCUT2D eigenvalue weighted by Crippen LogP contribution is -2.48. The normalized spacial score (nSPS) is 26.2. The van der Waals surface area contributed by atoms with Crippen LogP contribution in [0.4, 0.5) is 0 Å². The Morgan fingerprint density at radius 1 is 0.932 bits per heavy atom. The zero-order valence-electron chi connectivity index (χ0n) is 26.0. The SMILES string of the molecule is COc1ccc(C[C@H]2NC(=O)CCC[C@@H]([C@H](C)[C@H]3O[C@@H]3c3ccccc3)OC(=O)[C@H](CC(C)C)OC(=O)CCNC2=O)cc1. The average molecular weight is 609 g/mol. The molecular weight excluding hydrogens is 564 g/mol. The highest BCUT2D eigenvalue weighted by molar-refractivity contribution is 5.88. The van der Waals surface area contributed by atoms with Crippen molar-refractivity contribution in [2.24, 2.45) is 11.8 Å². The monoisotopic (exact) mass is 608 g/mol. The highest BCUT2D eigenvalue weighted by atomic mass is 16.6. The Bertz CT molecular complexity index is 1270. The first-order valence-electron chi connectivity index (χ1n) is 15.4. The van der Waals surface area contributed by atoms with Gasteiger partial charge in [0.05, 0.1) is 19.6 Å². The van der Waals surface area contributed by atoms with Crippen LogP contribution in [0.25, 0.3) is 0 Å². The van der Waals surface area contributed by atoms with Gasteiger partial charge in [0.25, 0.3) is 0 Å². The van der Waals surface area contributed by atoms with Crippen LogP contribution < -0.4 is 15.4 Å². The molecule has 0 spiro atoms. The number of epoxide rings is 1. The number of rotatable bonds is 8. The number of carbonyl (C=O) groups excluding carboxylic acids is 4. The van der Waals surface area contributed by atoms with Gasteiger partial charge in [-0.3, -0.25) is 14.4 Å². The molecule has 0 aliphatic carbocycles. The van der Waals surface area contributed by atoms with Gasteiger partial charge in [0.1, 0.15) is 24.0 Å². The van der Waals surface area contributed by atoms with E-state index in [1.165, 1.54) is 0 Å². The van der Waals surface area contributed by atoms with Crippen LogP contribution in [0, 0.1) is 11.8 Å². The number of carbonyl (C=O) groups is 4. The summed E-state index contributed by atoms with van der Waals surface area (Å²) in [4.78, 5) is 52.3. The van der Waals surface area contributed by atoms with Gasteiger partial charge in [0, 0.05) is 25.3 Å². The number of nitrogens with one attached hydrogen (secondary N) is 2. The molecule has 2 amide bonds. The van der Waals surface area contributed by atoms with Crippen molar-refractivity contribution < 1.29 is 38.1 Å². The molecule has 2 N–H and O–H groups in total. The van der Waals surface area contributed by atoms with Crippen molar-refractivity contribution in [3.05, 3.63) is 65.7 Å². The summed E-state index contributed by atoms with van der Waals surface area (Å²) in [6.45, 7) is 5.84. The van der Waals surface area contributed by atoms with Gasteiger partial charge in [0.15, 0.2) is 6.10 Å². The fraction of sp³-hybridized carbons (Fsp3) is 0.529. The zero-order valence-corrected chi connectivity index (χ0v) is 26.0. The van der Waals surface area contributed by atoms with Crippen LogP contribution >= 0.6 is 0 Å². The predicted molar refractivity (Wildman–Crippen MR) is 163 cm³/mol. The van der Waals surface area contributed by atoms with Crippen LogP contribution in [-0.2, 0) is 39.8 Å². The first kappa shape index (κ1) is 33.0. The van der Waals surface area contributed by atoms with Crippen LogP contribution in [0.5, 0.6) is 5.75 Å². The van der Waals surface area contributed by atoms with Gasteiger partial charge < -0.3 is 29.6 Å². The highest BCUT2D eigenvalue weighted by Crippen LogP contribution is 2.45. The van der Waals surface area contributed by atoms with Gasteiger partial charge in [-0.25, -0.2) is 4.79 Å². The summed E-state index contributed by atoms with van der Waals surface area (Å²) in [5.74, 6) is -1.34. The minimum absolute atomic E-state index is 0.00432. The smallest absolute Gasteiger partial charge is 0.347 e. The Hall–Kier alpha value is -3.92. The number of methoxy groups -OCH3 is 1. The minimum atomic E-state index is -1.07. The lowest BCUT2D eigenvalue weighted by molar-refractivity contribution is -0.175. The van der Waals surface area contributed by atoms with E-state index in [1.807, 2.05) is 63.2 Å². The number of ether oxygens (including phenoxy) is 4. The van der Waals surface area contributed by atoms with Gasteiger partial charge in [0.2, 0.25) is 11.8 Å². The molecular formula is C34H44N2O8. The first-order valence-corrected chi connectivity index (χ1v) is 15.4. The second-order valence-corrected chi connectivity index (χ2v) is 12.0. The second-order valence-electron chi connectivity index (χ2n) is 12.0. The molecule has 2 saturated heterocycles. The maximum Gasteiger partial charge on any atom is 0.347 e. The quantitative estimate of drug-likeness (QED) is 0.339. The topological polar surface area (TPSA) is 133 Å². The van der Waals surface area contributed by atoms with E-state index in [9.17, 15) is 19.2 Å². The summed E-state index contributed by atoms with van der Waals surface area (Å²) in [5, 5.41) is 5.58. The van der Waals surface area contributed by atoms with Crippen LogP contribution in [0.2, 0.25) is 0 Å². The molecule has 2 aliphatic heterocycles. The molecule has 2 aromatic carbocycles. The molecule has 2 aliphatic rings. The van der Waals surface area contributed by atoms with E-state index >= 15 is 0 Å². The molecule has 0 saturated carbocycles. The highest BCUT2D eigenvalue weighted by Gasteiger charge is 2.47. The summed E-state index contributed by atoms with van der Waals surface area (Å²) in [7, 11) is 1.58. The molecule has 10 heteroatoms. The van der Waals surface area contributed by atoms with Crippen LogP contribution in [-0.4, -0.2) is 61.8 Å². The van der Waals surface area contributed by atoms with E-state index in [0.29, 0.717) is 25.0 Å². The number of esters is 2. The Morgan fingerprint density at radius 3 is 2.34 bits per heavy atom. The molecule has 10 nitrogen and oxygen atoms in total. The second kappa shape index (κ2) is 15.7. The molecule has 0 unspecified atom stereocenters. The summed E-state index contributed by atoms with van der Waals surface area (Å²) in [5.41, 5.74) is 1.89. The van der Waals surface area contributed by atoms with E-state index in [-0.39, 0.29) is 55.8 Å². The van der Waals surface area contributed by atoms with Gasteiger partial charge in [-0.2, -0.15) is 0 Å². The van der Waals surface area contributed by atoms with Crippen LogP contribution in [0.3, 0.4) is 0 Å². The van der Waals surface area contributed by atoms with E-state index in [4.69, 9.17) is 18.9 Å². The number of hydrogen-bond acceptors (Lipinski definition) is 8. The maximum atomic E-state index is 13.4. The third kappa shape index (κ3) is 9.54.